The monoisotopic (exact) mass is 377 g/mol. The minimum Gasteiger partial charge on any atom is -0.403 e. The molecule has 25 heavy (non-hydrogen) atoms. The largest absolute Gasteiger partial charge is 0.403 e. The van der Waals surface area contributed by atoms with Crippen molar-refractivity contribution in [2.45, 2.75) is 18.2 Å². The summed E-state index contributed by atoms with van der Waals surface area (Å²) in [5, 5.41) is 14.0. The van der Waals surface area contributed by atoms with Gasteiger partial charge in [0.05, 0.1) is 17.1 Å². The van der Waals surface area contributed by atoms with Crippen molar-refractivity contribution >= 4 is 33.1 Å². The second kappa shape index (κ2) is 7.16. The SMILES string of the molecule is CCS(=O)(=O)c1ccc(CC(=O)Nc2nnc(-c3ccsc3)o2)cc1. The van der Waals surface area contributed by atoms with Crippen LogP contribution in [-0.2, 0) is 21.1 Å². The van der Waals surface area contributed by atoms with Crippen LogP contribution in [0.1, 0.15) is 12.5 Å². The van der Waals surface area contributed by atoms with Crippen LogP contribution in [0.2, 0.25) is 0 Å². The van der Waals surface area contributed by atoms with Crippen molar-refractivity contribution in [1.82, 2.24) is 10.2 Å². The van der Waals surface area contributed by atoms with Crippen LogP contribution in [0.15, 0.2) is 50.4 Å². The van der Waals surface area contributed by atoms with Gasteiger partial charge in [-0.1, -0.05) is 24.2 Å². The summed E-state index contributed by atoms with van der Waals surface area (Å²) in [7, 11) is -3.24. The van der Waals surface area contributed by atoms with Crippen molar-refractivity contribution in [3.05, 3.63) is 46.7 Å². The van der Waals surface area contributed by atoms with E-state index in [-0.39, 0.29) is 29.0 Å². The molecule has 1 amide bonds. The van der Waals surface area contributed by atoms with E-state index in [4.69, 9.17) is 4.42 Å². The molecule has 0 radical (unpaired) electrons. The maximum absolute atomic E-state index is 12.1. The zero-order valence-corrected chi connectivity index (χ0v) is 14.9. The molecule has 0 bridgehead atoms. The highest BCUT2D eigenvalue weighted by Crippen LogP contribution is 2.22. The summed E-state index contributed by atoms with van der Waals surface area (Å²) in [6.45, 7) is 1.59. The maximum atomic E-state index is 12.1. The van der Waals surface area contributed by atoms with Gasteiger partial charge in [-0.2, -0.15) is 11.3 Å². The summed E-state index contributed by atoms with van der Waals surface area (Å²) in [5.41, 5.74) is 1.48. The van der Waals surface area contributed by atoms with Crippen LogP contribution >= 0.6 is 11.3 Å². The van der Waals surface area contributed by atoms with Gasteiger partial charge in [0, 0.05) is 10.9 Å². The average Bonchev–Trinajstić information content (AvgIpc) is 3.26. The molecule has 7 nitrogen and oxygen atoms in total. The van der Waals surface area contributed by atoms with Crippen molar-refractivity contribution in [2.75, 3.05) is 11.1 Å². The number of anilines is 1. The Bertz CT molecular complexity index is 961. The molecular weight excluding hydrogens is 362 g/mol. The van der Waals surface area contributed by atoms with E-state index >= 15 is 0 Å². The van der Waals surface area contributed by atoms with Crippen LogP contribution in [0.5, 0.6) is 0 Å². The first-order valence-electron chi connectivity index (χ1n) is 7.45. The zero-order valence-electron chi connectivity index (χ0n) is 13.3. The van der Waals surface area contributed by atoms with E-state index in [0.717, 1.165) is 5.56 Å². The number of hydrogen-bond donors (Lipinski definition) is 1. The number of carbonyl (C=O) groups is 1. The smallest absolute Gasteiger partial charge is 0.322 e. The Morgan fingerprint density at radius 2 is 1.96 bits per heavy atom. The number of thiophene rings is 1. The van der Waals surface area contributed by atoms with Crippen LogP contribution in [-0.4, -0.2) is 30.3 Å². The molecule has 3 aromatic rings. The second-order valence-corrected chi connectivity index (χ2v) is 8.26. The predicted octanol–water partition coefficient (Wildman–Crippen LogP) is 2.77. The van der Waals surface area contributed by atoms with E-state index in [1.165, 1.54) is 23.5 Å². The Labute approximate surface area is 148 Å². The van der Waals surface area contributed by atoms with Crippen molar-refractivity contribution in [2.24, 2.45) is 0 Å². The minimum absolute atomic E-state index is 0.0244. The van der Waals surface area contributed by atoms with Gasteiger partial charge in [0.25, 0.3) is 5.89 Å². The lowest BCUT2D eigenvalue weighted by Crippen LogP contribution is -2.14. The molecule has 3 rings (SSSR count). The first-order valence-corrected chi connectivity index (χ1v) is 10.0. The third-order valence-electron chi connectivity index (χ3n) is 3.47. The first-order chi connectivity index (χ1) is 12.0. The molecule has 0 atom stereocenters. The Morgan fingerprint density at radius 3 is 2.60 bits per heavy atom. The van der Waals surface area contributed by atoms with Gasteiger partial charge < -0.3 is 4.42 Å². The van der Waals surface area contributed by atoms with E-state index < -0.39 is 9.84 Å². The van der Waals surface area contributed by atoms with Crippen LogP contribution in [0.4, 0.5) is 6.01 Å². The standard InChI is InChI=1S/C16H15N3O4S2/c1-2-25(21,22)13-5-3-11(4-6-13)9-14(20)17-16-19-18-15(23-16)12-7-8-24-10-12/h3-8,10H,2,9H2,1H3,(H,17,19,20). The lowest BCUT2D eigenvalue weighted by atomic mass is 10.1. The summed E-state index contributed by atoms with van der Waals surface area (Å²) >= 11 is 1.51. The third kappa shape index (κ3) is 4.12. The van der Waals surface area contributed by atoms with Gasteiger partial charge in [-0.05, 0) is 29.1 Å². The number of benzene rings is 1. The lowest BCUT2D eigenvalue weighted by molar-refractivity contribution is -0.115. The minimum atomic E-state index is -3.24. The van der Waals surface area contributed by atoms with Gasteiger partial charge in [-0.3, -0.25) is 10.1 Å². The molecule has 0 aliphatic rings. The van der Waals surface area contributed by atoms with Gasteiger partial charge in [0.2, 0.25) is 5.91 Å². The molecular formula is C16H15N3O4S2. The fourth-order valence-corrected chi connectivity index (χ4v) is 3.62. The molecule has 9 heteroatoms. The highest BCUT2D eigenvalue weighted by molar-refractivity contribution is 7.91. The summed E-state index contributed by atoms with van der Waals surface area (Å²) in [6, 6.07) is 8.11. The number of rotatable bonds is 6. The van der Waals surface area contributed by atoms with E-state index in [9.17, 15) is 13.2 Å². The van der Waals surface area contributed by atoms with Gasteiger partial charge in [-0.25, -0.2) is 8.42 Å². The molecule has 130 valence electrons. The average molecular weight is 377 g/mol. The molecule has 1 N–H and O–H groups in total. The van der Waals surface area contributed by atoms with E-state index in [1.807, 2.05) is 16.8 Å². The van der Waals surface area contributed by atoms with Gasteiger partial charge >= 0.3 is 6.01 Å². The lowest BCUT2D eigenvalue weighted by Gasteiger charge is -2.04. The highest BCUT2D eigenvalue weighted by atomic mass is 32.2. The second-order valence-electron chi connectivity index (χ2n) is 5.20. The van der Waals surface area contributed by atoms with Crippen LogP contribution in [0, 0.1) is 0 Å². The zero-order chi connectivity index (χ0) is 17.9. The fourth-order valence-electron chi connectivity index (χ4n) is 2.11. The van der Waals surface area contributed by atoms with Gasteiger partial charge in [0.15, 0.2) is 9.84 Å². The molecule has 0 unspecified atom stereocenters. The van der Waals surface area contributed by atoms with Gasteiger partial charge in [-0.15, -0.1) is 5.10 Å². The van der Waals surface area contributed by atoms with Crippen molar-refractivity contribution in [1.29, 1.82) is 0 Å². The number of hydrogen-bond acceptors (Lipinski definition) is 7. The fraction of sp³-hybridized carbons (Fsp3) is 0.188. The molecule has 0 spiro atoms. The number of aromatic nitrogens is 2. The topological polar surface area (TPSA) is 102 Å². The number of nitrogens with zero attached hydrogens (tertiary/aromatic N) is 2. The molecule has 2 aromatic heterocycles. The highest BCUT2D eigenvalue weighted by Gasteiger charge is 2.14. The van der Waals surface area contributed by atoms with E-state index in [0.29, 0.717) is 11.5 Å². The normalized spacial score (nSPS) is 11.4. The van der Waals surface area contributed by atoms with Crippen LogP contribution in [0.3, 0.4) is 0 Å². The van der Waals surface area contributed by atoms with Crippen molar-refractivity contribution in [3.8, 4) is 11.5 Å². The van der Waals surface area contributed by atoms with E-state index in [1.54, 1.807) is 19.1 Å². The Morgan fingerprint density at radius 1 is 1.20 bits per heavy atom. The van der Waals surface area contributed by atoms with Crippen LogP contribution in [0.25, 0.3) is 11.5 Å². The quantitative estimate of drug-likeness (QED) is 0.709. The molecule has 0 saturated carbocycles. The number of nitrogens with one attached hydrogen (secondary N) is 1. The molecule has 0 saturated heterocycles. The Hall–Kier alpha value is -2.52. The molecule has 0 aliphatic heterocycles. The first kappa shape index (κ1) is 17.3. The molecule has 0 aliphatic carbocycles. The Kier molecular flexibility index (Phi) is 4.95. The van der Waals surface area contributed by atoms with Gasteiger partial charge in [0.1, 0.15) is 0 Å². The number of carbonyl (C=O) groups excluding carboxylic acids is 1. The maximum Gasteiger partial charge on any atom is 0.322 e. The predicted molar refractivity (Wildman–Crippen MR) is 94.1 cm³/mol. The van der Waals surface area contributed by atoms with E-state index in [2.05, 4.69) is 15.5 Å². The van der Waals surface area contributed by atoms with Crippen LogP contribution < -0.4 is 5.32 Å². The number of amides is 1. The summed E-state index contributed by atoms with van der Waals surface area (Å²) in [6.07, 6.45) is 0.0720. The molecule has 2 heterocycles. The summed E-state index contributed by atoms with van der Waals surface area (Å²) < 4.78 is 28.9. The number of sulfone groups is 1. The molecule has 1 aromatic carbocycles. The summed E-state index contributed by atoms with van der Waals surface area (Å²) in [5.74, 6) is 0.0495. The van der Waals surface area contributed by atoms with Crippen molar-refractivity contribution in [3.63, 3.8) is 0 Å². The van der Waals surface area contributed by atoms with Crippen molar-refractivity contribution < 1.29 is 17.6 Å². The molecule has 0 fully saturated rings. The summed E-state index contributed by atoms with van der Waals surface area (Å²) in [4.78, 5) is 12.3. The third-order valence-corrected chi connectivity index (χ3v) is 5.90. The Balaban J connectivity index is 1.63.